The lowest BCUT2D eigenvalue weighted by Crippen LogP contribution is -2.38. The Kier molecular flexibility index (Phi) is 10.5. The van der Waals surface area contributed by atoms with Crippen molar-refractivity contribution < 1.29 is 27.1 Å². The van der Waals surface area contributed by atoms with Crippen molar-refractivity contribution >= 4 is 35.9 Å². The van der Waals surface area contributed by atoms with Crippen LogP contribution >= 0.6 is 24.0 Å². The molecule has 0 aliphatic carbocycles. The largest absolute Gasteiger partial charge is 0.463 e. The number of aliphatic imine (C=N–C) groups is 1. The third-order valence-corrected chi connectivity index (χ3v) is 3.04. The molecule has 1 aromatic rings. The minimum Gasteiger partial charge on any atom is -0.463 e. The van der Waals surface area contributed by atoms with Crippen molar-refractivity contribution in [1.29, 1.82) is 0 Å². The summed E-state index contributed by atoms with van der Waals surface area (Å²) in [4.78, 5) is 15.3. The molecular weight excluding hydrogens is 469 g/mol. The Morgan fingerprint density at radius 2 is 1.92 bits per heavy atom. The van der Waals surface area contributed by atoms with E-state index in [1.807, 2.05) is 0 Å². The molecule has 0 bridgehead atoms. The Morgan fingerprint density at radius 1 is 1.27 bits per heavy atom. The first-order valence-corrected chi connectivity index (χ1v) is 7.63. The SMILES string of the molecule is CN=C(NCCC(=O)OC(C)C)NCc1ccc(F)cc1C(F)(F)F.I. The van der Waals surface area contributed by atoms with Crippen molar-refractivity contribution in [3.05, 3.63) is 35.1 Å². The van der Waals surface area contributed by atoms with Crippen molar-refractivity contribution in [1.82, 2.24) is 10.6 Å². The summed E-state index contributed by atoms with van der Waals surface area (Å²) in [7, 11) is 1.44. The molecule has 26 heavy (non-hydrogen) atoms. The summed E-state index contributed by atoms with van der Waals surface area (Å²) in [6, 6.07) is 2.48. The number of halogens is 5. The summed E-state index contributed by atoms with van der Waals surface area (Å²) in [5.74, 6) is -1.13. The maximum absolute atomic E-state index is 13.1. The van der Waals surface area contributed by atoms with Gasteiger partial charge in [0.15, 0.2) is 5.96 Å². The number of nitrogens with zero attached hydrogens (tertiary/aromatic N) is 1. The van der Waals surface area contributed by atoms with Crippen LogP contribution in [0, 0.1) is 5.82 Å². The van der Waals surface area contributed by atoms with Gasteiger partial charge in [0.25, 0.3) is 0 Å². The quantitative estimate of drug-likeness (QED) is 0.211. The number of alkyl halides is 3. The summed E-state index contributed by atoms with van der Waals surface area (Å²) in [6.07, 6.45) is -4.79. The molecule has 10 heteroatoms. The molecule has 0 aliphatic rings. The number of hydrogen-bond donors (Lipinski definition) is 2. The number of benzene rings is 1. The topological polar surface area (TPSA) is 62.7 Å². The van der Waals surface area contributed by atoms with Crippen molar-refractivity contribution in [2.75, 3.05) is 13.6 Å². The zero-order valence-electron chi connectivity index (χ0n) is 14.6. The van der Waals surface area contributed by atoms with E-state index in [0.717, 1.165) is 12.1 Å². The van der Waals surface area contributed by atoms with Crippen molar-refractivity contribution in [3.8, 4) is 0 Å². The van der Waals surface area contributed by atoms with Gasteiger partial charge in [0.2, 0.25) is 0 Å². The van der Waals surface area contributed by atoms with Gasteiger partial charge in [-0.1, -0.05) is 6.07 Å². The molecule has 0 aromatic heterocycles. The second kappa shape index (κ2) is 11.2. The smallest absolute Gasteiger partial charge is 0.416 e. The number of carbonyl (C=O) groups is 1. The van der Waals surface area contributed by atoms with Crippen LogP contribution in [0.3, 0.4) is 0 Å². The summed E-state index contributed by atoms with van der Waals surface area (Å²) >= 11 is 0. The monoisotopic (exact) mass is 491 g/mol. The predicted molar refractivity (Wildman–Crippen MR) is 101 cm³/mol. The van der Waals surface area contributed by atoms with E-state index in [-0.39, 0.29) is 61.1 Å². The van der Waals surface area contributed by atoms with E-state index in [9.17, 15) is 22.4 Å². The van der Waals surface area contributed by atoms with Gasteiger partial charge in [-0.2, -0.15) is 13.2 Å². The first-order valence-electron chi connectivity index (χ1n) is 7.63. The highest BCUT2D eigenvalue weighted by atomic mass is 127. The maximum Gasteiger partial charge on any atom is 0.416 e. The van der Waals surface area contributed by atoms with Crippen LogP contribution in [-0.2, 0) is 22.3 Å². The molecule has 2 N–H and O–H groups in total. The molecule has 1 aromatic carbocycles. The predicted octanol–water partition coefficient (Wildman–Crippen LogP) is 3.47. The first-order chi connectivity index (χ1) is 11.6. The van der Waals surface area contributed by atoms with E-state index in [1.165, 1.54) is 7.05 Å². The lowest BCUT2D eigenvalue weighted by Gasteiger charge is -2.16. The van der Waals surface area contributed by atoms with E-state index in [0.29, 0.717) is 6.07 Å². The number of rotatable bonds is 6. The second-order valence-electron chi connectivity index (χ2n) is 5.44. The highest BCUT2D eigenvalue weighted by molar-refractivity contribution is 14.0. The molecule has 0 atom stereocenters. The van der Waals surface area contributed by atoms with Crippen LogP contribution in [0.1, 0.15) is 31.4 Å². The van der Waals surface area contributed by atoms with E-state index < -0.39 is 23.5 Å². The molecule has 5 nitrogen and oxygen atoms in total. The van der Waals surface area contributed by atoms with Crippen LogP contribution in [0.5, 0.6) is 0 Å². The molecular formula is C16H22F4IN3O2. The van der Waals surface area contributed by atoms with Gasteiger partial charge in [-0.3, -0.25) is 9.79 Å². The Bertz CT molecular complexity index is 622. The number of hydrogen-bond acceptors (Lipinski definition) is 3. The molecule has 0 fully saturated rings. The Balaban J connectivity index is 0.00000625. The number of nitrogens with one attached hydrogen (secondary N) is 2. The fourth-order valence-electron chi connectivity index (χ4n) is 1.97. The fourth-order valence-corrected chi connectivity index (χ4v) is 1.97. The average Bonchev–Trinajstić information content (AvgIpc) is 2.49. The lowest BCUT2D eigenvalue weighted by molar-refractivity contribution is -0.147. The van der Waals surface area contributed by atoms with Crippen LogP contribution in [0.2, 0.25) is 0 Å². The zero-order chi connectivity index (χ0) is 19.0. The number of guanidine groups is 1. The van der Waals surface area contributed by atoms with Gasteiger partial charge in [-0.05, 0) is 31.5 Å². The second-order valence-corrected chi connectivity index (χ2v) is 5.44. The summed E-state index contributed by atoms with van der Waals surface area (Å²) < 4.78 is 56.9. The molecule has 0 saturated carbocycles. The standard InChI is InChI=1S/C16H21F4N3O2.HI/c1-10(2)25-14(24)6-7-22-15(21-3)23-9-11-4-5-12(17)8-13(11)16(18,19)20;/h4-5,8,10H,6-7,9H2,1-3H3,(H2,21,22,23);1H. The lowest BCUT2D eigenvalue weighted by atomic mass is 10.1. The van der Waals surface area contributed by atoms with Gasteiger partial charge in [-0.25, -0.2) is 4.39 Å². The highest BCUT2D eigenvalue weighted by Gasteiger charge is 2.33. The van der Waals surface area contributed by atoms with Gasteiger partial charge in [0.05, 0.1) is 18.1 Å². The summed E-state index contributed by atoms with van der Waals surface area (Å²) in [5.41, 5.74) is -1.16. The summed E-state index contributed by atoms with van der Waals surface area (Å²) in [5, 5.41) is 5.49. The molecule has 0 heterocycles. The summed E-state index contributed by atoms with van der Waals surface area (Å²) in [6.45, 7) is 3.46. The van der Waals surface area contributed by atoms with Crippen LogP contribution in [0.25, 0.3) is 0 Å². The Labute approximate surface area is 166 Å². The first kappa shape index (κ1) is 24.4. The van der Waals surface area contributed by atoms with Crippen LogP contribution in [-0.4, -0.2) is 31.6 Å². The number of esters is 1. The van der Waals surface area contributed by atoms with Gasteiger partial charge >= 0.3 is 12.1 Å². The molecule has 0 radical (unpaired) electrons. The highest BCUT2D eigenvalue weighted by Crippen LogP contribution is 2.32. The third-order valence-electron chi connectivity index (χ3n) is 3.04. The minimum absolute atomic E-state index is 0. The average molecular weight is 491 g/mol. The van der Waals surface area contributed by atoms with E-state index in [1.54, 1.807) is 13.8 Å². The van der Waals surface area contributed by atoms with Crippen LogP contribution in [0.4, 0.5) is 17.6 Å². The van der Waals surface area contributed by atoms with E-state index in [4.69, 9.17) is 4.74 Å². The fraction of sp³-hybridized carbons (Fsp3) is 0.500. The van der Waals surface area contributed by atoms with Crippen LogP contribution < -0.4 is 10.6 Å². The van der Waals surface area contributed by atoms with Crippen LogP contribution in [0.15, 0.2) is 23.2 Å². The molecule has 0 amide bonds. The normalized spacial score (nSPS) is 11.8. The van der Waals surface area contributed by atoms with Gasteiger partial charge in [0, 0.05) is 20.1 Å². The molecule has 1 rings (SSSR count). The van der Waals surface area contributed by atoms with Gasteiger partial charge in [-0.15, -0.1) is 24.0 Å². The Morgan fingerprint density at radius 3 is 2.46 bits per heavy atom. The van der Waals surface area contributed by atoms with E-state index >= 15 is 0 Å². The van der Waals surface area contributed by atoms with Crippen molar-refractivity contribution in [2.24, 2.45) is 4.99 Å². The molecule has 0 spiro atoms. The van der Waals surface area contributed by atoms with Gasteiger partial charge in [0.1, 0.15) is 5.82 Å². The minimum atomic E-state index is -4.66. The van der Waals surface area contributed by atoms with Gasteiger partial charge < -0.3 is 15.4 Å². The molecule has 0 saturated heterocycles. The van der Waals surface area contributed by atoms with Crippen molar-refractivity contribution in [2.45, 2.75) is 39.1 Å². The van der Waals surface area contributed by atoms with E-state index in [2.05, 4.69) is 15.6 Å². The third kappa shape index (κ3) is 8.68. The number of carbonyl (C=O) groups excluding carboxylic acids is 1. The molecule has 0 aliphatic heterocycles. The maximum atomic E-state index is 13.1. The molecule has 148 valence electrons. The molecule has 0 unspecified atom stereocenters. The van der Waals surface area contributed by atoms with Crippen molar-refractivity contribution in [3.63, 3.8) is 0 Å². The Hall–Kier alpha value is -1.59. The number of ether oxygens (including phenoxy) is 1. The zero-order valence-corrected chi connectivity index (χ0v) is 16.9.